The molecule has 2 heteroatoms. The van der Waals surface area contributed by atoms with Gasteiger partial charge in [-0.25, -0.2) is 0 Å². The van der Waals surface area contributed by atoms with Crippen molar-refractivity contribution in [1.29, 1.82) is 0 Å². The number of carbonyl (C=O) groups is 1. The van der Waals surface area contributed by atoms with Gasteiger partial charge in [0, 0.05) is 18.7 Å². The monoisotopic (exact) mass is 331 g/mol. The summed E-state index contributed by atoms with van der Waals surface area (Å²) in [6.07, 6.45) is 1.90. The van der Waals surface area contributed by atoms with E-state index < -0.39 is 0 Å². The van der Waals surface area contributed by atoms with Gasteiger partial charge in [-0.05, 0) is 47.4 Å². The number of aryl methyl sites for hydroxylation is 1. The van der Waals surface area contributed by atoms with E-state index >= 15 is 0 Å². The van der Waals surface area contributed by atoms with E-state index in [9.17, 15) is 4.79 Å². The summed E-state index contributed by atoms with van der Waals surface area (Å²) in [5, 5.41) is 0. The van der Waals surface area contributed by atoms with Gasteiger partial charge in [-0.3, -0.25) is 4.79 Å². The number of rotatable bonds is 2. The molecule has 2 aromatic rings. The smallest absolute Gasteiger partial charge is 0.250 e. The number of hydrogen-bond acceptors (Lipinski definition) is 1. The number of fused-ring (bicyclic) bond motifs is 2. The largest absolute Gasteiger partial charge is 0.330 e. The van der Waals surface area contributed by atoms with Gasteiger partial charge in [-0.15, -0.1) is 0 Å². The van der Waals surface area contributed by atoms with Gasteiger partial charge in [0.05, 0.1) is 0 Å². The first-order valence-electron chi connectivity index (χ1n) is 9.12. The van der Waals surface area contributed by atoms with Gasteiger partial charge in [-0.1, -0.05) is 67.9 Å². The quantitative estimate of drug-likeness (QED) is 0.769. The fraction of sp³-hybridized carbons (Fsp3) is 0.348. The Balaban J connectivity index is 1.71. The molecule has 0 N–H and O–H groups in total. The van der Waals surface area contributed by atoms with Gasteiger partial charge in [0.25, 0.3) is 5.91 Å². The third-order valence-electron chi connectivity index (χ3n) is 5.70. The van der Waals surface area contributed by atoms with Crippen LogP contribution in [0.1, 0.15) is 48.9 Å². The van der Waals surface area contributed by atoms with E-state index in [1.165, 1.54) is 27.8 Å². The van der Waals surface area contributed by atoms with Crippen LogP contribution in [0.3, 0.4) is 0 Å². The minimum atomic E-state index is 0.107. The lowest BCUT2D eigenvalue weighted by Crippen LogP contribution is -2.28. The van der Waals surface area contributed by atoms with Crippen LogP contribution in [0.2, 0.25) is 0 Å². The predicted molar refractivity (Wildman–Crippen MR) is 102 cm³/mol. The highest BCUT2D eigenvalue weighted by atomic mass is 16.2. The molecular weight excluding hydrogens is 306 g/mol. The van der Waals surface area contributed by atoms with Crippen molar-refractivity contribution in [2.45, 2.75) is 45.6 Å². The molecule has 1 aliphatic carbocycles. The summed E-state index contributed by atoms with van der Waals surface area (Å²) >= 11 is 0. The van der Waals surface area contributed by atoms with Gasteiger partial charge in [0.1, 0.15) is 0 Å². The lowest BCUT2D eigenvalue weighted by molar-refractivity contribution is -0.126. The van der Waals surface area contributed by atoms with Crippen LogP contribution >= 0.6 is 0 Å². The second-order valence-electron chi connectivity index (χ2n) is 8.04. The normalized spacial score (nSPS) is 18.8. The Morgan fingerprint density at radius 1 is 1.04 bits per heavy atom. The maximum absolute atomic E-state index is 13.1. The molecule has 1 amide bonds. The number of amides is 1. The van der Waals surface area contributed by atoms with E-state index in [4.69, 9.17) is 0 Å². The van der Waals surface area contributed by atoms with Crippen LogP contribution in [-0.4, -0.2) is 17.4 Å². The maximum Gasteiger partial charge on any atom is 0.250 e. The summed E-state index contributed by atoms with van der Waals surface area (Å²) in [6, 6.07) is 17.0. The standard InChI is InChI=1S/C23H25NO/c1-16-9-10-18-20-15-24(14-17-7-5-4-6-8-17)22(25)19(20)11-12-23(2,3)21(18)13-16/h4-10,13H,11-12,14-15H2,1-3H3. The number of benzene rings is 2. The first kappa shape index (κ1) is 16.1. The molecule has 0 radical (unpaired) electrons. The first-order chi connectivity index (χ1) is 12.0. The summed E-state index contributed by atoms with van der Waals surface area (Å²) in [5.74, 6) is 0.225. The van der Waals surface area contributed by atoms with Gasteiger partial charge < -0.3 is 4.90 Å². The molecule has 2 aromatic carbocycles. The highest BCUT2D eigenvalue weighted by Gasteiger charge is 2.37. The zero-order chi connectivity index (χ0) is 17.6. The van der Waals surface area contributed by atoms with Crippen LogP contribution in [0.5, 0.6) is 0 Å². The second-order valence-corrected chi connectivity index (χ2v) is 8.04. The van der Waals surface area contributed by atoms with Crippen LogP contribution < -0.4 is 0 Å². The Hall–Kier alpha value is -2.35. The van der Waals surface area contributed by atoms with E-state index in [2.05, 4.69) is 51.1 Å². The topological polar surface area (TPSA) is 20.3 Å². The fourth-order valence-corrected chi connectivity index (χ4v) is 4.17. The van der Waals surface area contributed by atoms with E-state index in [1.807, 2.05) is 23.1 Å². The van der Waals surface area contributed by atoms with Crippen molar-refractivity contribution in [3.05, 3.63) is 76.4 Å². The third kappa shape index (κ3) is 2.80. The lowest BCUT2D eigenvalue weighted by Gasteiger charge is -2.28. The first-order valence-corrected chi connectivity index (χ1v) is 9.12. The molecular formula is C23H25NO. The molecule has 4 rings (SSSR count). The summed E-state index contributed by atoms with van der Waals surface area (Å²) in [7, 11) is 0. The van der Waals surface area contributed by atoms with E-state index in [1.54, 1.807) is 0 Å². The maximum atomic E-state index is 13.1. The Labute approximate surface area is 150 Å². The van der Waals surface area contributed by atoms with Crippen molar-refractivity contribution in [3.8, 4) is 0 Å². The molecule has 0 bridgehead atoms. The second kappa shape index (κ2) is 5.87. The summed E-state index contributed by atoms with van der Waals surface area (Å²) in [6.45, 7) is 8.18. The minimum Gasteiger partial charge on any atom is -0.330 e. The highest BCUT2D eigenvalue weighted by molar-refractivity contribution is 6.06. The summed E-state index contributed by atoms with van der Waals surface area (Å²) in [5.41, 5.74) is 7.56. The molecule has 1 heterocycles. The minimum absolute atomic E-state index is 0.107. The van der Waals surface area contributed by atoms with Crippen molar-refractivity contribution in [3.63, 3.8) is 0 Å². The van der Waals surface area contributed by atoms with E-state index in [-0.39, 0.29) is 11.3 Å². The molecule has 0 saturated heterocycles. The molecule has 0 aromatic heterocycles. The fourth-order valence-electron chi connectivity index (χ4n) is 4.17. The van der Waals surface area contributed by atoms with Crippen LogP contribution in [0.15, 0.2) is 54.1 Å². The van der Waals surface area contributed by atoms with Crippen molar-refractivity contribution in [2.24, 2.45) is 0 Å². The molecule has 1 aliphatic heterocycles. The summed E-state index contributed by atoms with van der Waals surface area (Å²) < 4.78 is 0. The van der Waals surface area contributed by atoms with E-state index in [0.29, 0.717) is 6.54 Å². The van der Waals surface area contributed by atoms with Gasteiger partial charge in [0.15, 0.2) is 0 Å². The molecule has 0 spiro atoms. The molecule has 0 atom stereocenters. The average molecular weight is 331 g/mol. The highest BCUT2D eigenvalue weighted by Crippen LogP contribution is 2.43. The van der Waals surface area contributed by atoms with Crippen LogP contribution in [0, 0.1) is 6.92 Å². The van der Waals surface area contributed by atoms with Crippen molar-refractivity contribution in [1.82, 2.24) is 4.90 Å². The zero-order valence-electron chi connectivity index (χ0n) is 15.3. The number of carbonyl (C=O) groups excluding carboxylic acids is 1. The van der Waals surface area contributed by atoms with Crippen molar-refractivity contribution < 1.29 is 4.79 Å². The lowest BCUT2D eigenvalue weighted by atomic mass is 9.78. The molecule has 2 nitrogen and oxygen atoms in total. The van der Waals surface area contributed by atoms with Crippen LogP contribution in [0.4, 0.5) is 0 Å². The molecule has 0 saturated carbocycles. The molecule has 25 heavy (non-hydrogen) atoms. The molecule has 2 aliphatic rings. The Morgan fingerprint density at radius 2 is 1.80 bits per heavy atom. The Kier molecular flexibility index (Phi) is 3.79. The summed E-state index contributed by atoms with van der Waals surface area (Å²) in [4.78, 5) is 15.1. The number of hydrogen-bond donors (Lipinski definition) is 0. The molecule has 128 valence electrons. The Bertz CT molecular complexity index is 861. The van der Waals surface area contributed by atoms with Gasteiger partial charge in [0.2, 0.25) is 0 Å². The third-order valence-corrected chi connectivity index (χ3v) is 5.70. The molecule has 0 unspecified atom stereocenters. The zero-order valence-corrected chi connectivity index (χ0v) is 15.3. The van der Waals surface area contributed by atoms with Crippen molar-refractivity contribution >= 4 is 11.5 Å². The van der Waals surface area contributed by atoms with Gasteiger partial charge >= 0.3 is 0 Å². The number of nitrogens with zero attached hydrogens (tertiary/aromatic N) is 1. The van der Waals surface area contributed by atoms with E-state index in [0.717, 1.165) is 25.0 Å². The van der Waals surface area contributed by atoms with Crippen molar-refractivity contribution in [2.75, 3.05) is 6.54 Å². The van der Waals surface area contributed by atoms with Crippen LogP contribution in [0.25, 0.3) is 5.57 Å². The predicted octanol–water partition coefficient (Wildman–Crippen LogP) is 4.86. The Morgan fingerprint density at radius 3 is 2.56 bits per heavy atom. The molecule has 0 fully saturated rings. The average Bonchev–Trinajstić information content (AvgIpc) is 2.84. The SMILES string of the molecule is Cc1ccc2c(c1)C(C)(C)CCC1=C2CN(Cc2ccccc2)C1=O. The van der Waals surface area contributed by atoms with Crippen LogP contribution in [-0.2, 0) is 16.8 Å². The van der Waals surface area contributed by atoms with Gasteiger partial charge in [-0.2, -0.15) is 0 Å².